The van der Waals surface area contributed by atoms with E-state index in [0.29, 0.717) is 12.2 Å². The number of benzene rings is 1. The molecule has 2 rings (SSSR count). The van der Waals surface area contributed by atoms with Crippen LogP contribution in [0.5, 0.6) is 5.75 Å². The Kier molecular flexibility index (Phi) is 5.24. The Morgan fingerprint density at radius 1 is 1.26 bits per heavy atom. The van der Waals surface area contributed by atoms with Gasteiger partial charge in [-0.25, -0.2) is 0 Å². The SMILES string of the molecule is CCCCC(=O)Oc1ccc(-c2cc(=S)ss2)cc1. The van der Waals surface area contributed by atoms with E-state index in [1.54, 1.807) is 20.7 Å². The highest BCUT2D eigenvalue weighted by Crippen LogP contribution is 2.30. The molecule has 100 valence electrons. The highest BCUT2D eigenvalue weighted by molar-refractivity contribution is 7.80. The lowest BCUT2D eigenvalue weighted by molar-refractivity contribution is -0.134. The Morgan fingerprint density at radius 2 is 2.00 bits per heavy atom. The fourth-order valence-corrected chi connectivity index (χ4v) is 3.97. The van der Waals surface area contributed by atoms with Gasteiger partial charge in [-0.2, -0.15) is 0 Å². The van der Waals surface area contributed by atoms with Crippen LogP contribution in [0.15, 0.2) is 30.3 Å². The zero-order chi connectivity index (χ0) is 13.7. The summed E-state index contributed by atoms with van der Waals surface area (Å²) in [5.41, 5.74) is 1.10. The Labute approximate surface area is 125 Å². The van der Waals surface area contributed by atoms with E-state index in [1.165, 1.54) is 0 Å². The number of esters is 1. The number of hydrogen-bond donors (Lipinski definition) is 0. The van der Waals surface area contributed by atoms with Crippen LogP contribution in [0.4, 0.5) is 0 Å². The summed E-state index contributed by atoms with van der Waals surface area (Å²) in [7, 11) is 3.26. The van der Waals surface area contributed by atoms with Crippen LogP contribution in [-0.2, 0) is 4.79 Å². The summed E-state index contributed by atoms with van der Waals surface area (Å²) in [5.74, 6) is 0.435. The third kappa shape index (κ3) is 4.23. The minimum absolute atomic E-state index is 0.166. The summed E-state index contributed by atoms with van der Waals surface area (Å²) in [6.45, 7) is 2.05. The van der Waals surface area contributed by atoms with E-state index >= 15 is 0 Å². The van der Waals surface area contributed by atoms with E-state index in [4.69, 9.17) is 17.0 Å². The van der Waals surface area contributed by atoms with Gasteiger partial charge in [-0.3, -0.25) is 4.79 Å². The lowest BCUT2D eigenvalue weighted by Gasteiger charge is -2.04. The second-order valence-corrected chi connectivity index (χ2v) is 7.01. The molecule has 1 aromatic heterocycles. The van der Waals surface area contributed by atoms with E-state index in [0.717, 1.165) is 27.1 Å². The van der Waals surface area contributed by atoms with Crippen LogP contribution >= 0.6 is 32.9 Å². The van der Waals surface area contributed by atoms with Crippen molar-refractivity contribution in [2.45, 2.75) is 26.2 Å². The molecule has 2 aromatic rings. The quantitative estimate of drug-likeness (QED) is 0.324. The third-order valence-electron chi connectivity index (χ3n) is 2.57. The van der Waals surface area contributed by atoms with Crippen LogP contribution in [0, 0.1) is 3.82 Å². The zero-order valence-corrected chi connectivity index (χ0v) is 13.0. The van der Waals surface area contributed by atoms with Gasteiger partial charge in [0.1, 0.15) is 9.57 Å². The molecule has 0 saturated heterocycles. The normalized spacial score (nSPS) is 10.4. The molecule has 0 saturated carbocycles. The highest BCUT2D eigenvalue weighted by atomic mass is 32.9. The fourth-order valence-electron chi connectivity index (χ4n) is 1.56. The fraction of sp³-hybridized carbons (Fsp3) is 0.286. The molecular formula is C14H14O2S3. The number of carbonyl (C=O) groups is 1. The molecule has 19 heavy (non-hydrogen) atoms. The molecule has 1 aromatic carbocycles. The van der Waals surface area contributed by atoms with Gasteiger partial charge >= 0.3 is 5.97 Å². The molecule has 0 aliphatic carbocycles. The molecule has 1 heterocycles. The standard InChI is InChI=1S/C14H14O2S3/c1-2-3-4-13(15)16-11-7-5-10(6-8-11)12-9-14(17)19-18-12/h5-9H,2-4H2,1H3. The van der Waals surface area contributed by atoms with Crippen molar-refractivity contribution in [2.24, 2.45) is 0 Å². The number of ether oxygens (including phenoxy) is 1. The van der Waals surface area contributed by atoms with E-state index in [-0.39, 0.29) is 5.97 Å². The van der Waals surface area contributed by atoms with Crippen LogP contribution in [-0.4, -0.2) is 5.97 Å². The molecule has 0 bridgehead atoms. The first-order valence-corrected chi connectivity index (χ1v) is 8.66. The molecule has 0 spiro atoms. The number of carbonyl (C=O) groups excluding carboxylic acids is 1. The second-order valence-electron chi connectivity index (χ2n) is 4.10. The third-order valence-corrected chi connectivity index (χ3v) is 5.48. The van der Waals surface area contributed by atoms with Gasteiger partial charge in [0.25, 0.3) is 0 Å². The highest BCUT2D eigenvalue weighted by Gasteiger charge is 2.05. The summed E-state index contributed by atoms with van der Waals surface area (Å²) in [6, 6.07) is 9.55. The van der Waals surface area contributed by atoms with Crippen LogP contribution in [0.3, 0.4) is 0 Å². The summed E-state index contributed by atoms with van der Waals surface area (Å²) in [5, 5.41) is 0. The molecule has 0 aliphatic heterocycles. The van der Waals surface area contributed by atoms with Crippen molar-refractivity contribution in [3.05, 3.63) is 34.2 Å². The number of hydrogen-bond acceptors (Lipinski definition) is 5. The van der Waals surface area contributed by atoms with Gasteiger partial charge in [0.05, 0.1) is 0 Å². The molecule has 5 heteroatoms. The molecule has 0 radical (unpaired) electrons. The Balaban J connectivity index is 2.02. The van der Waals surface area contributed by atoms with E-state index in [9.17, 15) is 4.79 Å². The predicted octanol–water partition coefficient (Wildman–Crippen LogP) is 5.30. The average Bonchev–Trinajstić information content (AvgIpc) is 2.84. The van der Waals surface area contributed by atoms with Crippen LogP contribution in [0.2, 0.25) is 0 Å². The van der Waals surface area contributed by atoms with Crippen LogP contribution < -0.4 is 4.74 Å². The maximum Gasteiger partial charge on any atom is 0.311 e. The molecule has 0 unspecified atom stereocenters. The van der Waals surface area contributed by atoms with Crippen molar-refractivity contribution >= 4 is 38.9 Å². The smallest absolute Gasteiger partial charge is 0.311 e. The average molecular weight is 310 g/mol. The van der Waals surface area contributed by atoms with Crippen molar-refractivity contribution < 1.29 is 9.53 Å². The van der Waals surface area contributed by atoms with E-state index in [2.05, 4.69) is 6.92 Å². The van der Waals surface area contributed by atoms with Crippen molar-refractivity contribution in [1.29, 1.82) is 0 Å². The van der Waals surface area contributed by atoms with Gasteiger partial charge in [-0.15, -0.1) is 0 Å². The maximum atomic E-state index is 11.5. The lowest BCUT2D eigenvalue weighted by atomic mass is 10.2. The first kappa shape index (κ1) is 14.4. The van der Waals surface area contributed by atoms with E-state index in [1.807, 2.05) is 30.3 Å². The predicted molar refractivity (Wildman–Crippen MR) is 83.6 cm³/mol. The maximum absolute atomic E-state index is 11.5. The molecule has 0 amide bonds. The van der Waals surface area contributed by atoms with Gasteiger partial charge in [-0.1, -0.05) is 46.2 Å². The number of rotatable bonds is 5. The van der Waals surface area contributed by atoms with E-state index < -0.39 is 0 Å². The van der Waals surface area contributed by atoms with Crippen molar-refractivity contribution in [3.8, 4) is 16.2 Å². The lowest BCUT2D eigenvalue weighted by Crippen LogP contribution is -2.07. The minimum Gasteiger partial charge on any atom is -0.427 e. The largest absolute Gasteiger partial charge is 0.427 e. The van der Waals surface area contributed by atoms with Gasteiger partial charge in [-0.05, 0) is 42.3 Å². The van der Waals surface area contributed by atoms with Gasteiger partial charge < -0.3 is 4.74 Å². The summed E-state index contributed by atoms with van der Waals surface area (Å²) < 4.78 is 6.16. The Hall–Kier alpha value is -1.04. The van der Waals surface area contributed by atoms with Gasteiger partial charge in [0.15, 0.2) is 0 Å². The molecule has 0 fully saturated rings. The monoisotopic (exact) mass is 310 g/mol. The zero-order valence-electron chi connectivity index (χ0n) is 10.5. The van der Waals surface area contributed by atoms with Crippen molar-refractivity contribution in [2.75, 3.05) is 0 Å². The molecule has 0 atom stereocenters. The topological polar surface area (TPSA) is 26.3 Å². The Bertz CT molecular complexity index is 596. The Morgan fingerprint density at radius 3 is 2.58 bits per heavy atom. The summed E-state index contributed by atoms with van der Waals surface area (Å²) in [4.78, 5) is 12.6. The van der Waals surface area contributed by atoms with Crippen LogP contribution in [0.1, 0.15) is 26.2 Å². The second kappa shape index (κ2) is 6.93. The van der Waals surface area contributed by atoms with Gasteiger partial charge in [0.2, 0.25) is 0 Å². The number of unbranched alkanes of at least 4 members (excludes halogenated alkanes) is 1. The first-order valence-electron chi connectivity index (χ1n) is 6.10. The first-order chi connectivity index (χ1) is 9.19. The van der Waals surface area contributed by atoms with Gasteiger partial charge in [0, 0.05) is 11.3 Å². The molecule has 0 aliphatic rings. The minimum atomic E-state index is -0.166. The summed E-state index contributed by atoms with van der Waals surface area (Å²) in [6.07, 6.45) is 2.34. The van der Waals surface area contributed by atoms with Crippen molar-refractivity contribution in [3.63, 3.8) is 0 Å². The van der Waals surface area contributed by atoms with Crippen LogP contribution in [0.25, 0.3) is 10.4 Å². The molecule has 0 N–H and O–H groups in total. The molecular weight excluding hydrogens is 296 g/mol. The summed E-state index contributed by atoms with van der Waals surface area (Å²) >= 11 is 5.12. The van der Waals surface area contributed by atoms with Crippen molar-refractivity contribution in [1.82, 2.24) is 0 Å². The molecule has 2 nitrogen and oxygen atoms in total.